The van der Waals surface area contributed by atoms with Gasteiger partial charge in [0.05, 0.1) is 0 Å². The van der Waals surface area contributed by atoms with Crippen LogP contribution in [0.4, 0.5) is 0 Å². The van der Waals surface area contributed by atoms with Gasteiger partial charge in [0.1, 0.15) is 6.10 Å². The van der Waals surface area contributed by atoms with Gasteiger partial charge in [-0.25, -0.2) is 0 Å². The third-order valence-electron chi connectivity index (χ3n) is 10.6. The maximum atomic E-state index is 13.7. The molecule has 0 aromatic rings. The molecule has 0 spiro atoms. The van der Waals surface area contributed by atoms with Gasteiger partial charge in [0, 0.05) is 32.1 Å². The topological polar surface area (TPSA) is 96.0 Å². The Labute approximate surface area is 209 Å². The van der Waals surface area contributed by atoms with Gasteiger partial charge in [0.25, 0.3) is 0 Å². The van der Waals surface area contributed by atoms with E-state index in [1.807, 2.05) is 6.92 Å². The third kappa shape index (κ3) is 4.11. The molecule has 4 aliphatic carbocycles. The Balaban J connectivity index is 1.62. The van der Waals surface area contributed by atoms with Gasteiger partial charge < -0.3 is 14.2 Å². The van der Waals surface area contributed by atoms with Crippen LogP contribution in [-0.2, 0) is 33.4 Å². The summed E-state index contributed by atoms with van der Waals surface area (Å²) in [6.45, 7) is 10.4. The zero-order valence-electron chi connectivity index (χ0n) is 22.2. The normalized spacial score (nSPS) is 44.3. The summed E-state index contributed by atoms with van der Waals surface area (Å²) < 4.78 is 16.7. The van der Waals surface area contributed by atoms with Gasteiger partial charge in [-0.15, -0.1) is 0 Å². The van der Waals surface area contributed by atoms with Crippen LogP contribution in [0.15, 0.2) is 0 Å². The smallest absolute Gasteiger partial charge is 0.303 e. The number of rotatable bonds is 5. The minimum Gasteiger partial charge on any atom is -0.463 e. The lowest BCUT2D eigenvalue weighted by molar-refractivity contribution is -0.201. The van der Waals surface area contributed by atoms with Crippen LogP contribution in [0.1, 0.15) is 92.9 Å². The molecule has 0 heterocycles. The van der Waals surface area contributed by atoms with Crippen molar-refractivity contribution in [2.24, 2.45) is 40.4 Å². The minimum absolute atomic E-state index is 0.0259. The molecule has 0 bridgehead atoms. The van der Waals surface area contributed by atoms with Crippen molar-refractivity contribution >= 4 is 23.7 Å². The monoisotopic (exact) mass is 490 g/mol. The molecule has 0 aliphatic heterocycles. The van der Waals surface area contributed by atoms with Crippen LogP contribution < -0.4 is 0 Å². The fourth-order valence-corrected chi connectivity index (χ4v) is 9.25. The summed E-state index contributed by atoms with van der Waals surface area (Å²) in [7, 11) is 0. The van der Waals surface area contributed by atoms with Crippen LogP contribution in [0.25, 0.3) is 0 Å². The number of carbonyl (C=O) groups excluding carboxylic acids is 4. The molecule has 7 heteroatoms. The second kappa shape index (κ2) is 9.19. The maximum Gasteiger partial charge on any atom is 0.303 e. The number of carbonyl (C=O) groups is 4. The molecule has 4 aliphatic rings. The Kier molecular flexibility index (Phi) is 6.86. The van der Waals surface area contributed by atoms with Crippen LogP contribution in [0, 0.1) is 40.4 Å². The van der Waals surface area contributed by atoms with E-state index >= 15 is 0 Å². The highest BCUT2D eigenvalue weighted by Crippen LogP contribution is 2.70. The van der Waals surface area contributed by atoms with E-state index in [-0.39, 0.29) is 41.7 Å². The predicted octanol–water partition coefficient (Wildman–Crippen LogP) is 4.64. The Hall–Kier alpha value is -1.92. The Morgan fingerprint density at radius 1 is 0.829 bits per heavy atom. The lowest BCUT2D eigenvalue weighted by atomic mass is 9.44. The summed E-state index contributed by atoms with van der Waals surface area (Å²) in [4.78, 5) is 49.0. The molecule has 0 saturated heterocycles. The van der Waals surface area contributed by atoms with Crippen LogP contribution in [0.2, 0.25) is 0 Å². The molecule has 0 aromatic heterocycles. The molecule has 7 nitrogen and oxygen atoms in total. The molecule has 0 amide bonds. The number of ether oxygens (including phenoxy) is 3. The Morgan fingerprint density at radius 2 is 1.54 bits per heavy atom. The summed E-state index contributed by atoms with van der Waals surface area (Å²) in [5, 5.41) is 0. The highest BCUT2D eigenvalue weighted by Gasteiger charge is 2.71. The van der Waals surface area contributed by atoms with Crippen LogP contribution in [-0.4, -0.2) is 42.0 Å². The van der Waals surface area contributed by atoms with Crippen molar-refractivity contribution in [3.63, 3.8) is 0 Å². The quantitative estimate of drug-likeness (QED) is 0.409. The van der Waals surface area contributed by atoms with Gasteiger partial charge in [0.15, 0.2) is 12.2 Å². The largest absolute Gasteiger partial charge is 0.463 e. The minimum atomic E-state index is -1.27. The van der Waals surface area contributed by atoms with E-state index in [2.05, 4.69) is 13.8 Å². The van der Waals surface area contributed by atoms with E-state index in [4.69, 9.17) is 14.2 Å². The summed E-state index contributed by atoms with van der Waals surface area (Å²) in [5.74, 6) is 0.201. The molecular weight excluding hydrogens is 448 g/mol. The highest BCUT2D eigenvalue weighted by atomic mass is 16.6. The van der Waals surface area contributed by atoms with Crippen molar-refractivity contribution in [3.8, 4) is 0 Å². The summed E-state index contributed by atoms with van der Waals surface area (Å²) >= 11 is 0. The first-order valence-corrected chi connectivity index (χ1v) is 13.4. The van der Waals surface area contributed by atoms with E-state index in [0.29, 0.717) is 17.8 Å². The highest BCUT2D eigenvalue weighted by molar-refractivity contribution is 5.93. The second-order valence-electron chi connectivity index (χ2n) is 12.3. The van der Waals surface area contributed by atoms with Gasteiger partial charge >= 0.3 is 17.9 Å². The lowest BCUT2D eigenvalue weighted by Gasteiger charge is -2.61. The van der Waals surface area contributed by atoms with Crippen molar-refractivity contribution < 1.29 is 33.4 Å². The van der Waals surface area contributed by atoms with Gasteiger partial charge in [-0.05, 0) is 80.5 Å². The van der Waals surface area contributed by atoms with Crippen molar-refractivity contribution in [3.05, 3.63) is 0 Å². The molecule has 0 aromatic carbocycles. The molecule has 9 atom stereocenters. The number of hydrogen-bond donors (Lipinski definition) is 0. The average molecular weight is 491 g/mol. The molecule has 0 N–H and O–H groups in total. The Bertz CT molecular complexity index is 898. The molecule has 4 rings (SSSR count). The molecule has 0 radical (unpaired) electrons. The van der Waals surface area contributed by atoms with Gasteiger partial charge in [-0.2, -0.15) is 0 Å². The second-order valence-corrected chi connectivity index (χ2v) is 12.3. The number of esters is 3. The fraction of sp³-hybridized carbons (Fsp3) is 0.857. The first-order valence-electron chi connectivity index (χ1n) is 13.4. The predicted molar refractivity (Wildman–Crippen MR) is 128 cm³/mol. The lowest BCUT2D eigenvalue weighted by Crippen LogP contribution is -2.62. The molecule has 4 fully saturated rings. The molecular formula is C28H42O7. The van der Waals surface area contributed by atoms with Crippen LogP contribution >= 0.6 is 0 Å². The molecule has 4 saturated carbocycles. The van der Waals surface area contributed by atoms with Crippen molar-refractivity contribution in [1.82, 2.24) is 0 Å². The van der Waals surface area contributed by atoms with Crippen molar-refractivity contribution in [2.75, 3.05) is 6.61 Å². The van der Waals surface area contributed by atoms with E-state index in [1.165, 1.54) is 20.8 Å². The van der Waals surface area contributed by atoms with Crippen molar-refractivity contribution in [2.45, 2.75) is 105 Å². The fourth-order valence-electron chi connectivity index (χ4n) is 9.25. The summed E-state index contributed by atoms with van der Waals surface area (Å²) in [6, 6.07) is 0. The van der Waals surface area contributed by atoms with E-state index in [0.717, 1.165) is 51.4 Å². The summed E-state index contributed by atoms with van der Waals surface area (Å²) in [6.07, 6.45) is 7.72. The number of ketones is 1. The van der Waals surface area contributed by atoms with Gasteiger partial charge in [-0.3, -0.25) is 19.2 Å². The van der Waals surface area contributed by atoms with Crippen LogP contribution in [0.5, 0.6) is 0 Å². The number of Topliss-reactive ketones (excluding diaryl/α,β-unsaturated/α-hetero) is 1. The molecule has 196 valence electrons. The first-order chi connectivity index (χ1) is 16.3. The van der Waals surface area contributed by atoms with Gasteiger partial charge in [0.2, 0.25) is 5.78 Å². The van der Waals surface area contributed by atoms with E-state index in [9.17, 15) is 19.2 Å². The van der Waals surface area contributed by atoms with Crippen LogP contribution in [0.3, 0.4) is 0 Å². The standard InChI is InChI=1S/C28H42O7/c1-16-13-24-22-8-7-20-14-21(34-18(3)30)9-11-26(20,5)23(22)10-12-27(24,6)28(16,35-19(4)31)25(32)15-33-17(2)29/h16,20-24H,7-15H2,1-6H3. The van der Waals surface area contributed by atoms with E-state index < -0.39 is 23.0 Å². The SMILES string of the molecule is CC(=O)OCC(=O)C1(OC(C)=O)C(C)CC2C3CCC4CC(OC(C)=O)CCC4(C)C3CCC21C. The zero-order valence-corrected chi connectivity index (χ0v) is 22.2. The summed E-state index contributed by atoms with van der Waals surface area (Å²) in [5.41, 5.74) is -1.57. The van der Waals surface area contributed by atoms with E-state index in [1.54, 1.807) is 0 Å². The molecule has 35 heavy (non-hydrogen) atoms. The third-order valence-corrected chi connectivity index (χ3v) is 10.6. The van der Waals surface area contributed by atoms with Gasteiger partial charge in [-0.1, -0.05) is 20.8 Å². The number of hydrogen-bond acceptors (Lipinski definition) is 7. The van der Waals surface area contributed by atoms with Crippen molar-refractivity contribution in [1.29, 1.82) is 0 Å². The average Bonchev–Trinajstić information content (AvgIpc) is 2.99. The maximum absolute atomic E-state index is 13.7. The Morgan fingerprint density at radius 3 is 2.17 bits per heavy atom. The number of fused-ring (bicyclic) bond motifs is 5. The molecule has 9 unspecified atom stereocenters. The zero-order chi connectivity index (χ0) is 25.8. The first kappa shape index (κ1) is 26.2.